The molecule has 0 bridgehead atoms. The summed E-state index contributed by atoms with van der Waals surface area (Å²) in [7, 11) is 0. The minimum atomic E-state index is 0.856. The summed E-state index contributed by atoms with van der Waals surface area (Å²) in [5.74, 6) is 0. The molecule has 3 nitrogen and oxygen atoms in total. The molecular weight excluding hydrogens is 210 g/mol. The third-order valence-corrected chi connectivity index (χ3v) is 2.83. The number of hydrogen-bond donors (Lipinski definition) is 1. The molecule has 0 unspecified atom stereocenters. The third-order valence-electron chi connectivity index (χ3n) is 2.83. The van der Waals surface area contributed by atoms with Gasteiger partial charge in [0, 0.05) is 12.4 Å². The van der Waals surface area contributed by atoms with Gasteiger partial charge in [-0.3, -0.25) is 4.68 Å². The van der Waals surface area contributed by atoms with Gasteiger partial charge < -0.3 is 5.32 Å². The average Bonchev–Trinajstić information content (AvgIpc) is 2.84. The predicted molar refractivity (Wildman–Crippen MR) is 70.0 cm³/mol. The van der Waals surface area contributed by atoms with Crippen molar-refractivity contribution in [3.8, 4) is 0 Å². The van der Waals surface area contributed by atoms with Gasteiger partial charge in [-0.15, -0.1) is 0 Å². The lowest BCUT2D eigenvalue weighted by atomic mass is 10.0. The Balaban J connectivity index is 2.05. The smallest absolute Gasteiger partial charge is 0.0662 e. The lowest BCUT2D eigenvalue weighted by molar-refractivity contribution is 0.670. The molecule has 2 aromatic rings. The van der Waals surface area contributed by atoms with Gasteiger partial charge in [0.2, 0.25) is 0 Å². The Labute approximate surface area is 102 Å². The van der Waals surface area contributed by atoms with Gasteiger partial charge in [0.25, 0.3) is 0 Å². The summed E-state index contributed by atoms with van der Waals surface area (Å²) in [6.07, 6.45) is 4.90. The van der Waals surface area contributed by atoms with Crippen molar-refractivity contribution in [2.45, 2.75) is 19.9 Å². The molecule has 3 heteroatoms. The van der Waals surface area contributed by atoms with Gasteiger partial charge in [0.05, 0.1) is 6.54 Å². The zero-order valence-corrected chi connectivity index (χ0v) is 10.3. The lowest BCUT2D eigenvalue weighted by Crippen LogP contribution is -2.17. The van der Waals surface area contributed by atoms with E-state index < -0.39 is 0 Å². The van der Waals surface area contributed by atoms with E-state index in [1.54, 1.807) is 0 Å². The van der Waals surface area contributed by atoms with Crippen LogP contribution in [0.3, 0.4) is 0 Å². The number of nitrogens with zero attached hydrogens (tertiary/aromatic N) is 2. The first-order valence-electron chi connectivity index (χ1n) is 6.15. The largest absolute Gasteiger partial charge is 0.317 e. The SMILES string of the molecule is CCNCCc1ccccc1Cn1cccn1. The van der Waals surface area contributed by atoms with Gasteiger partial charge in [-0.05, 0) is 36.7 Å². The Morgan fingerprint density at radius 3 is 2.71 bits per heavy atom. The van der Waals surface area contributed by atoms with Crippen molar-refractivity contribution in [2.24, 2.45) is 0 Å². The number of nitrogens with one attached hydrogen (secondary N) is 1. The monoisotopic (exact) mass is 229 g/mol. The molecular formula is C14H19N3. The highest BCUT2D eigenvalue weighted by Crippen LogP contribution is 2.10. The fraction of sp³-hybridized carbons (Fsp3) is 0.357. The molecule has 0 saturated heterocycles. The van der Waals surface area contributed by atoms with Crippen molar-refractivity contribution < 1.29 is 0 Å². The summed E-state index contributed by atoms with van der Waals surface area (Å²) < 4.78 is 1.96. The van der Waals surface area contributed by atoms with E-state index in [9.17, 15) is 0 Å². The molecule has 0 radical (unpaired) electrons. The molecule has 1 heterocycles. The molecule has 0 aliphatic heterocycles. The molecule has 0 aliphatic rings. The second-order valence-corrected chi connectivity index (χ2v) is 4.08. The van der Waals surface area contributed by atoms with Crippen LogP contribution in [0.5, 0.6) is 0 Å². The van der Waals surface area contributed by atoms with E-state index in [2.05, 4.69) is 41.6 Å². The molecule has 0 fully saturated rings. The summed E-state index contributed by atoms with van der Waals surface area (Å²) >= 11 is 0. The van der Waals surface area contributed by atoms with E-state index in [4.69, 9.17) is 0 Å². The topological polar surface area (TPSA) is 29.9 Å². The minimum Gasteiger partial charge on any atom is -0.317 e. The van der Waals surface area contributed by atoms with Crippen LogP contribution in [0.25, 0.3) is 0 Å². The van der Waals surface area contributed by atoms with Crippen molar-refractivity contribution in [1.82, 2.24) is 15.1 Å². The van der Waals surface area contributed by atoms with E-state index in [1.165, 1.54) is 11.1 Å². The average molecular weight is 229 g/mol. The van der Waals surface area contributed by atoms with E-state index in [0.29, 0.717) is 0 Å². The molecule has 2 rings (SSSR count). The normalized spacial score (nSPS) is 10.6. The second kappa shape index (κ2) is 6.21. The number of aromatic nitrogens is 2. The Hall–Kier alpha value is -1.61. The van der Waals surface area contributed by atoms with Gasteiger partial charge >= 0.3 is 0 Å². The first-order valence-corrected chi connectivity index (χ1v) is 6.15. The Morgan fingerprint density at radius 2 is 2.00 bits per heavy atom. The van der Waals surface area contributed by atoms with Crippen LogP contribution in [-0.2, 0) is 13.0 Å². The number of benzene rings is 1. The van der Waals surface area contributed by atoms with Gasteiger partial charge in [-0.25, -0.2) is 0 Å². The number of likely N-dealkylation sites (N-methyl/N-ethyl adjacent to an activating group) is 1. The summed E-state index contributed by atoms with van der Waals surface area (Å²) in [6, 6.07) is 10.5. The summed E-state index contributed by atoms with van der Waals surface area (Å²) in [6.45, 7) is 5.05. The second-order valence-electron chi connectivity index (χ2n) is 4.08. The van der Waals surface area contributed by atoms with Crippen molar-refractivity contribution in [1.29, 1.82) is 0 Å². The zero-order valence-electron chi connectivity index (χ0n) is 10.3. The molecule has 1 aromatic carbocycles. The highest BCUT2D eigenvalue weighted by Gasteiger charge is 2.02. The van der Waals surface area contributed by atoms with Crippen LogP contribution in [0.4, 0.5) is 0 Å². The first kappa shape index (κ1) is 11.9. The number of hydrogen-bond acceptors (Lipinski definition) is 2. The molecule has 0 saturated carbocycles. The number of rotatable bonds is 6. The lowest BCUT2D eigenvalue weighted by Gasteiger charge is -2.09. The van der Waals surface area contributed by atoms with Crippen LogP contribution in [0.2, 0.25) is 0 Å². The molecule has 0 aliphatic carbocycles. The molecule has 1 aromatic heterocycles. The van der Waals surface area contributed by atoms with Crippen LogP contribution in [0, 0.1) is 0 Å². The van der Waals surface area contributed by atoms with Gasteiger partial charge in [0.1, 0.15) is 0 Å². The van der Waals surface area contributed by atoms with Gasteiger partial charge in [0.15, 0.2) is 0 Å². The summed E-state index contributed by atoms with van der Waals surface area (Å²) in [5.41, 5.74) is 2.76. The van der Waals surface area contributed by atoms with Crippen molar-refractivity contribution >= 4 is 0 Å². The van der Waals surface area contributed by atoms with Crippen LogP contribution < -0.4 is 5.32 Å². The predicted octanol–water partition coefficient (Wildman–Crippen LogP) is 2.08. The van der Waals surface area contributed by atoms with Gasteiger partial charge in [-0.1, -0.05) is 31.2 Å². The summed E-state index contributed by atoms with van der Waals surface area (Å²) in [5, 5.41) is 7.61. The standard InChI is InChI=1S/C14H19N3/c1-2-15-10-8-13-6-3-4-7-14(13)12-17-11-5-9-16-17/h3-7,9,11,15H,2,8,10,12H2,1H3. The van der Waals surface area contributed by atoms with Crippen LogP contribution in [0.1, 0.15) is 18.1 Å². The van der Waals surface area contributed by atoms with E-state index in [0.717, 1.165) is 26.1 Å². The summed E-state index contributed by atoms with van der Waals surface area (Å²) in [4.78, 5) is 0. The molecule has 0 atom stereocenters. The highest BCUT2D eigenvalue weighted by molar-refractivity contribution is 5.27. The van der Waals surface area contributed by atoms with Crippen LogP contribution in [0.15, 0.2) is 42.7 Å². The first-order chi connectivity index (χ1) is 8.40. The quantitative estimate of drug-likeness (QED) is 0.769. The maximum Gasteiger partial charge on any atom is 0.0662 e. The Morgan fingerprint density at radius 1 is 1.18 bits per heavy atom. The van der Waals surface area contributed by atoms with E-state index >= 15 is 0 Å². The fourth-order valence-corrected chi connectivity index (χ4v) is 1.92. The van der Waals surface area contributed by atoms with Crippen LogP contribution in [-0.4, -0.2) is 22.9 Å². The maximum atomic E-state index is 4.25. The molecule has 90 valence electrons. The molecule has 1 N–H and O–H groups in total. The maximum absolute atomic E-state index is 4.25. The van der Waals surface area contributed by atoms with E-state index in [-0.39, 0.29) is 0 Å². The highest BCUT2D eigenvalue weighted by atomic mass is 15.3. The molecule has 0 amide bonds. The minimum absolute atomic E-state index is 0.856. The van der Waals surface area contributed by atoms with Gasteiger partial charge in [-0.2, -0.15) is 5.10 Å². The van der Waals surface area contributed by atoms with Crippen LogP contribution >= 0.6 is 0 Å². The third kappa shape index (κ3) is 3.43. The van der Waals surface area contributed by atoms with E-state index in [1.807, 2.05) is 23.1 Å². The van der Waals surface area contributed by atoms with Crippen molar-refractivity contribution in [2.75, 3.05) is 13.1 Å². The van der Waals surface area contributed by atoms with Crippen molar-refractivity contribution in [3.05, 3.63) is 53.9 Å². The molecule has 0 spiro atoms. The Bertz CT molecular complexity index is 434. The van der Waals surface area contributed by atoms with Crippen molar-refractivity contribution in [3.63, 3.8) is 0 Å². The Kier molecular flexibility index (Phi) is 4.33. The fourth-order valence-electron chi connectivity index (χ4n) is 1.92. The molecule has 17 heavy (non-hydrogen) atoms. The zero-order chi connectivity index (χ0) is 11.9.